The van der Waals surface area contributed by atoms with Gasteiger partial charge in [-0.2, -0.15) is 0 Å². The van der Waals surface area contributed by atoms with Crippen LogP contribution in [-0.2, 0) is 14.8 Å². The molecular weight excluding hydrogens is 242 g/mol. The average Bonchev–Trinajstić information content (AvgIpc) is 2.61. The van der Waals surface area contributed by atoms with Gasteiger partial charge in [0.15, 0.2) is 0 Å². The summed E-state index contributed by atoms with van der Waals surface area (Å²) < 4.78 is 26.3. The topological polar surface area (TPSA) is 83.5 Å². The van der Waals surface area contributed by atoms with Gasteiger partial charge in [-0.3, -0.25) is 4.79 Å². The van der Waals surface area contributed by atoms with Crippen molar-refractivity contribution in [1.29, 1.82) is 0 Å². The summed E-state index contributed by atoms with van der Waals surface area (Å²) in [5, 5.41) is 8.88. The molecule has 6 heteroatoms. The summed E-state index contributed by atoms with van der Waals surface area (Å²) in [6.07, 6.45) is 4.35. The highest BCUT2D eigenvalue weighted by molar-refractivity contribution is 7.89. The number of nitrogens with one attached hydrogen (secondary N) is 1. The molecule has 0 radical (unpaired) electrons. The molecular formula is C11H21NO4S. The fraction of sp³-hybridized carbons (Fsp3) is 0.909. The summed E-state index contributed by atoms with van der Waals surface area (Å²) in [5.41, 5.74) is -0.738. The first kappa shape index (κ1) is 14.4. The van der Waals surface area contributed by atoms with Crippen LogP contribution in [0.5, 0.6) is 0 Å². The molecule has 0 aromatic heterocycles. The fourth-order valence-electron chi connectivity index (χ4n) is 2.37. The molecule has 0 saturated heterocycles. The molecule has 2 N–H and O–H groups in total. The zero-order valence-corrected chi connectivity index (χ0v) is 11.1. The van der Waals surface area contributed by atoms with Crippen LogP contribution in [0.15, 0.2) is 0 Å². The molecule has 0 spiro atoms. The Balaban J connectivity index is 2.69. The number of carboxylic acids is 1. The van der Waals surface area contributed by atoms with Crippen LogP contribution in [0.4, 0.5) is 0 Å². The molecule has 17 heavy (non-hydrogen) atoms. The van der Waals surface area contributed by atoms with E-state index in [0.717, 1.165) is 19.3 Å². The number of rotatable bonds is 7. The quantitative estimate of drug-likeness (QED) is 0.729. The van der Waals surface area contributed by atoms with Gasteiger partial charge in [0.25, 0.3) is 0 Å². The van der Waals surface area contributed by atoms with Crippen LogP contribution in [0.2, 0.25) is 0 Å². The maximum atomic E-state index is 11.8. The first-order valence-electron chi connectivity index (χ1n) is 6.13. The lowest BCUT2D eigenvalue weighted by Gasteiger charge is -2.28. The van der Waals surface area contributed by atoms with Crippen molar-refractivity contribution < 1.29 is 18.3 Å². The van der Waals surface area contributed by atoms with Crippen molar-refractivity contribution in [2.45, 2.75) is 57.4 Å². The number of aliphatic carboxylic acids is 1. The van der Waals surface area contributed by atoms with Gasteiger partial charge >= 0.3 is 5.97 Å². The van der Waals surface area contributed by atoms with Gasteiger partial charge in [0, 0.05) is 5.54 Å². The Bertz CT molecular complexity index is 358. The van der Waals surface area contributed by atoms with Gasteiger partial charge in [-0.25, -0.2) is 13.1 Å². The van der Waals surface area contributed by atoms with Crippen molar-refractivity contribution >= 4 is 16.0 Å². The van der Waals surface area contributed by atoms with E-state index in [1.54, 1.807) is 0 Å². The molecule has 1 aliphatic carbocycles. The summed E-state index contributed by atoms with van der Waals surface area (Å²) >= 11 is 0. The highest BCUT2D eigenvalue weighted by atomic mass is 32.2. The van der Waals surface area contributed by atoms with E-state index in [2.05, 4.69) is 4.72 Å². The lowest BCUT2D eigenvalue weighted by molar-refractivity contribution is -0.138. The van der Waals surface area contributed by atoms with Gasteiger partial charge in [-0.1, -0.05) is 26.2 Å². The van der Waals surface area contributed by atoms with Crippen LogP contribution >= 0.6 is 0 Å². The zero-order chi connectivity index (χ0) is 12.9. The van der Waals surface area contributed by atoms with Crippen LogP contribution in [0.1, 0.15) is 51.9 Å². The second-order valence-corrected chi connectivity index (χ2v) is 6.67. The van der Waals surface area contributed by atoms with Crippen molar-refractivity contribution in [3.05, 3.63) is 0 Å². The molecule has 1 saturated carbocycles. The van der Waals surface area contributed by atoms with Crippen molar-refractivity contribution in [2.75, 3.05) is 5.75 Å². The van der Waals surface area contributed by atoms with Gasteiger partial charge in [0.1, 0.15) is 0 Å². The number of carbonyl (C=O) groups is 1. The van der Waals surface area contributed by atoms with Crippen molar-refractivity contribution in [3.63, 3.8) is 0 Å². The Morgan fingerprint density at radius 1 is 1.35 bits per heavy atom. The molecule has 5 nitrogen and oxygen atoms in total. The van der Waals surface area contributed by atoms with Crippen LogP contribution in [-0.4, -0.2) is 30.8 Å². The second-order valence-electron chi connectivity index (χ2n) is 4.83. The summed E-state index contributed by atoms with van der Waals surface area (Å²) in [7, 11) is -3.34. The second kappa shape index (κ2) is 5.82. The molecule has 1 fully saturated rings. The van der Waals surface area contributed by atoms with E-state index in [0.29, 0.717) is 19.3 Å². The van der Waals surface area contributed by atoms with E-state index in [1.165, 1.54) is 0 Å². The number of hydrogen-bond donors (Lipinski definition) is 2. The molecule has 1 rings (SSSR count). The molecule has 0 amide bonds. The van der Waals surface area contributed by atoms with Gasteiger partial charge in [0.05, 0.1) is 12.2 Å². The van der Waals surface area contributed by atoms with E-state index < -0.39 is 21.5 Å². The third-order valence-corrected chi connectivity index (χ3v) is 4.76. The third-order valence-electron chi connectivity index (χ3n) is 3.19. The van der Waals surface area contributed by atoms with Crippen molar-refractivity contribution in [3.8, 4) is 0 Å². The zero-order valence-electron chi connectivity index (χ0n) is 10.2. The molecule has 0 aliphatic heterocycles. The molecule has 0 aromatic rings. The Morgan fingerprint density at radius 2 is 1.94 bits per heavy atom. The smallest absolute Gasteiger partial charge is 0.305 e. The molecule has 0 aromatic carbocycles. The molecule has 100 valence electrons. The minimum Gasteiger partial charge on any atom is -0.481 e. The Kier molecular flexibility index (Phi) is 4.94. The standard InChI is InChI=1S/C11H21NO4S/c1-2-3-8-17(15,16)12-11(9-10(13)14)6-4-5-7-11/h12H,2-9H2,1H3,(H,13,14). The summed E-state index contributed by atoms with van der Waals surface area (Å²) in [4.78, 5) is 10.8. The molecule has 0 atom stereocenters. The minimum atomic E-state index is -3.34. The summed E-state index contributed by atoms with van der Waals surface area (Å²) in [5.74, 6) is -0.852. The van der Waals surface area contributed by atoms with Gasteiger partial charge in [-0.05, 0) is 19.3 Å². The Morgan fingerprint density at radius 3 is 2.41 bits per heavy atom. The van der Waals surface area contributed by atoms with E-state index in [4.69, 9.17) is 5.11 Å². The number of sulfonamides is 1. The highest BCUT2D eigenvalue weighted by Crippen LogP contribution is 2.33. The Labute approximate surface area is 103 Å². The largest absolute Gasteiger partial charge is 0.481 e. The van der Waals surface area contributed by atoms with Gasteiger partial charge in [0.2, 0.25) is 10.0 Å². The van der Waals surface area contributed by atoms with Crippen LogP contribution < -0.4 is 4.72 Å². The number of carboxylic acid groups (broad SMARTS) is 1. The first-order chi connectivity index (χ1) is 7.89. The summed E-state index contributed by atoms with van der Waals surface area (Å²) in [6, 6.07) is 0. The fourth-order valence-corrected chi connectivity index (χ4v) is 4.08. The molecule has 0 heterocycles. The third kappa shape index (κ3) is 4.63. The summed E-state index contributed by atoms with van der Waals surface area (Å²) in [6.45, 7) is 1.93. The highest BCUT2D eigenvalue weighted by Gasteiger charge is 2.39. The molecule has 0 unspecified atom stereocenters. The number of unbranched alkanes of at least 4 members (excludes halogenated alkanes) is 1. The number of hydrogen-bond acceptors (Lipinski definition) is 3. The normalized spacial score (nSPS) is 19.4. The van der Waals surface area contributed by atoms with Crippen molar-refractivity contribution in [1.82, 2.24) is 4.72 Å². The molecule has 0 bridgehead atoms. The van der Waals surface area contributed by atoms with E-state index in [9.17, 15) is 13.2 Å². The van der Waals surface area contributed by atoms with Gasteiger partial charge < -0.3 is 5.11 Å². The van der Waals surface area contributed by atoms with Crippen LogP contribution in [0.3, 0.4) is 0 Å². The van der Waals surface area contributed by atoms with Gasteiger partial charge in [-0.15, -0.1) is 0 Å². The molecule has 1 aliphatic rings. The first-order valence-corrected chi connectivity index (χ1v) is 7.78. The monoisotopic (exact) mass is 263 g/mol. The van der Waals surface area contributed by atoms with Crippen LogP contribution in [0.25, 0.3) is 0 Å². The predicted octanol–water partition coefficient (Wildman–Crippen LogP) is 1.49. The predicted molar refractivity (Wildman–Crippen MR) is 65.3 cm³/mol. The SMILES string of the molecule is CCCCS(=O)(=O)NC1(CC(=O)O)CCCC1. The lowest BCUT2D eigenvalue weighted by Crippen LogP contribution is -2.48. The lowest BCUT2D eigenvalue weighted by atomic mass is 9.95. The average molecular weight is 263 g/mol. The van der Waals surface area contributed by atoms with Crippen molar-refractivity contribution in [2.24, 2.45) is 0 Å². The maximum Gasteiger partial charge on any atom is 0.305 e. The maximum absolute atomic E-state index is 11.8. The van der Waals surface area contributed by atoms with E-state index >= 15 is 0 Å². The van der Waals surface area contributed by atoms with E-state index in [1.807, 2.05) is 6.92 Å². The van der Waals surface area contributed by atoms with Crippen LogP contribution in [0, 0.1) is 0 Å². The Hall–Kier alpha value is -0.620. The minimum absolute atomic E-state index is 0.0882. The van der Waals surface area contributed by atoms with E-state index in [-0.39, 0.29) is 12.2 Å².